The molecule has 0 aromatic heterocycles. The van der Waals surface area contributed by atoms with Crippen LogP contribution in [0.4, 0.5) is 13.2 Å². The molecule has 1 saturated heterocycles. The van der Waals surface area contributed by atoms with E-state index in [1.165, 1.54) is 0 Å². The number of alkyl halides is 3. The van der Waals surface area contributed by atoms with E-state index in [4.69, 9.17) is 5.11 Å². The zero-order valence-electron chi connectivity index (χ0n) is 6.84. The minimum Gasteiger partial charge on any atom is -0.391 e. The summed E-state index contributed by atoms with van der Waals surface area (Å²) in [7, 11) is 0. The molecule has 1 fully saturated rings. The Morgan fingerprint density at radius 2 is 2.08 bits per heavy atom. The summed E-state index contributed by atoms with van der Waals surface area (Å²) in [5.74, 6) is -1.86. The van der Waals surface area contributed by atoms with Gasteiger partial charge in [-0.15, -0.1) is 0 Å². The number of hydrogen-bond acceptors (Lipinski definition) is 2. The van der Waals surface area contributed by atoms with Gasteiger partial charge in [0, 0.05) is 13.1 Å². The molecule has 1 unspecified atom stereocenters. The molecule has 0 aromatic rings. The van der Waals surface area contributed by atoms with E-state index >= 15 is 0 Å². The fraction of sp³-hybridized carbons (Fsp3) is 0.857. The van der Waals surface area contributed by atoms with Gasteiger partial charge in [-0.2, -0.15) is 13.2 Å². The third kappa shape index (κ3) is 2.58. The molecule has 0 spiro atoms. The lowest BCUT2D eigenvalue weighted by atomic mass is 10.1. The molecule has 0 bridgehead atoms. The van der Waals surface area contributed by atoms with E-state index in [-0.39, 0.29) is 13.1 Å². The molecule has 1 aliphatic rings. The maximum atomic E-state index is 11.9. The SMILES string of the molecule is O=C(N1CCCC(O)C1)C(F)(F)F. The van der Waals surface area contributed by atoms with E-state index < -0.39 is 18.2 Å². The van der Waals surface area contributed by atoms with Crippen molar-refractivity contribution in [2.45, 2.75) is 25.1 Å². The molecule has 0 aliphatic carbocycles. The Morgan fingerprint density at radius 3 is 2.54 bits per heavy atom. The van der Waals surface area contributed by atoms with Gasteiger partial charge in [-0.3, -0.25) is 4.79 Å². The second kappa shape index (κ2) is 3.53. The van der Waals surface area contributed by atoms with E-state index in [1.54, 1.807) is 0 Å². The normalized spacial score (nSPS) is 24.6. The number of amides is 1. The minimum atomic E-state index is -4.82. The number of aliphatic hydroxyl groups is 1. The van der Waals surface area contributed by atoms with Crippen LogP contribution in [0.1, 0.15) is 12.8 Å². The van der Waals surface area contributed by atoms with Crippen molar-refractivity contribution in [3.05, 3.63) is 0 Å². The van der Waals surface area contributed by atoms with Gasteiger partial charge in [0.05, 0.1) is 6.10 Å². The largest absolute Gasteiger partial charge is 0.471 e. The molecule has 1 heterocycles. The van der Waals surface area contributed by atoms with Crippen molar-refractivity contribution in [1.29, 1.82) is 0 Å². The molecule has 1 N–H and O–H groups in total. The van der Waals surface area contributed by atoms with Crippen LogP contribution < -0.4 is 0 Å². The van der Waals surface area contributed by atoms with Crippen molar-refractivity contribution in [3.63, 3.8) is 0 Å². The maximum absolute atomic E-state index is 11.9. The van der Waals surface area contributed by atoms with Crippen molar-refractivity contribution in [2.75, 3.05) is 13.1 Å². The van der Waals surface area contributed by atoms with Crippen molar-refractivity contribution in [1.82, 2.24) is 4.90 Å². The van der Waals surface area contributed by atoms with Crippen LogP contribution in [0.25, 0.3) is 0 Å². The lowest BCUT2D eigenvalue weighted by molar-refractivity contribution is -0.188. The van der Waals surface area contributed by atoms with Crippen LogP contribution in [0, 0.1) is 0 Å². The highest BCUT2D eigenvalue weighted by Crippen LogP contribution is 2.21. The Hall–Kier alpha value is -0.780. The van der Waals surface area contributed by atoms with E-state index in [1.807, 2.05) is 0 Å². The first-order valence-corrected chi connectivity index (χ1v) is 3.95. The molecule has 6 heteroatoms. The molecule has 1 aliphatic heterocycles. The summed E-state index contributed by atoms with van der Waals surface area (Å²) in [5.41, 5.74) is 0. The number of β-amino-alcohol motifs (C(OH)–C–C–N with tert-alkyl or cyclic N) is 1. The van der Waals surface area contributed by atoms with Crippen molar-refractivity contribution < 1.29 is 23.1 Å². The highest BCUT2D eigenvalue weighted by Gasteiger charge is 2.43. The molecule has 0 aromatic carbocycles. The van der Waals surface area contributed by atoms with Crippen molar-refractivity contribution in [3.8, 4) is 0 Å². The monoisotopic (exact) mass is 197 g/mol. The topological polar surface area (TPSA) is 40.5 Å². The number of piperidine rings is 1. The summed E-state index contributed by atoms with van der Waals surface area (Å²) >= 11 is 0. The first kappa shape index (κ1) is 10.3. The predicted octanol–water partition coefficient (Wildman–Crippen LogP) is 0.532. The standard InChI is InChI=1S/C7H10F3NO2/c8-7(9,10)6(13)11-3-1-2-5(12)4-11/h5,12H,1-4H2. The summed E-state index contributed by atoms with van der Waals surface area (Å²) in [6.45, 7) is -0.131. The number of halogens is 3. The van der Waals surface area contributed by atoms with E-state index in [2.05, 4.69) is 0 Å². The average Bonchev–Trinajstić information content (AvgIpc) is 2.01. The molecule has 3 nitrogen and oxygen atoms in total. The molecule has 76 valence electrons. The summed E-state index contributed by atoms with van der Waals surface area (Å²) < 4.78 is 35.7. The van der Waals surface area contributed by atoms with Gasteiger partial charge in [-0.05, 0) is 12.8 Å². The fourth-order valence-corrected chi connectivity index (χ4v) is 1.32. The van der Waals surface area contributed by atoms with Gasteiger partial charge in [0.15, 0.2) is 0 Å². The Kier molecular flexibility index (Phi) is 2.80. The van der Waals surface area contributed by atoms with Gasteiger partial charge in [0.2, 0.25) is 0 Å². The maximum Gasteiger partial charge on any atom is 0.471 e. The fourth-order valence-electron chi connectivity index (χ4n) is 1.32. The molecule has 0 radical (unpaired) electrons. The number of carbonyl (C=O) groups is 1. The molecule has 1 rings (SSSR count). The minimum absolute atomic E-state index is 0.0788. The molecular weight excluding hydrogens is 187 g/mol. The Labute approximate surface area is 73.1 Å². The number of carbonyl (C=O) groups excluding carboxylic acids is 1. The predicted molar refractivity (Wildman–Crippen MR) is 37.9 cm³/mol. The van der Waals surface area contributed by atoms with Crippen LogP contribution in [-0.2, 0) is 4.79 Å². The Morgan fingerprint density at radius 1 is 1.46 bits per heavy atom. The van der Waals surface area contributed by atoms with Crippen LogP contribution in [0.2, 0.25) is 0 Å². The first-order chi connectivity index (χ1) is 5.91. The molecule has 13 heavy (non-hydrogen) atoms. The van der Waals surface area contributed by atoms with Crippen LogP contribution >= 0.6 is 0 Å². The van der Waals surface area contributed by atoms with Crippen LogP contribution in [0.5, 0.6) is 0 Å². The lowest BCUT2D eigenvalue weighted by Crippen LogP contribution is -2.47. The third-order valence-corrected chi connectivity index (χ3v) is 1.93. The summed E-state index contributed by atoms with van der Waals surface area (Å²) in [5, 5.41) is 9.03. The van der Waals surface area contributed by atoms with E-state index in [9.17, 15) is 18.0 Å². The smallest absolute Gasteiger partial charge is 0.391 e. The van der Waals surface area contributed by atoms with Crippen molar-refractivity contribution >= 4 is 5.91 Å². The summed E-state index contributed by atoms with van der Waals surface area (Å²) in [6.07, 6.45) is -4.76. The Balaban J connectivity index is 2.56. The number of likely N-dealkylation sites (tertiary alicyclic amines) is 1. The second-order valence-corrected chi connectivity index (χ2v) is 3.04. The van der Waals surface area contributed by atoms with Gasteiger partial charge >= 0.3 is 12.1 Å². The van der Waals surface area contributed by atoms with Crippen LogP contribution in [0.15, 0.2) is 0 Å². The second-order valence-electron chi connectivity index (χ2n) is 3.04. The average molecular weight is 197 g/mol. The first-order valence-electron chi connectivity index (χ1n) is 3.95. The molecule has 0 saturated carbocycles. The van der Waals surface area contributed by atoms with Crippen molar-refractivity contribution in [2.24, 2.45) is 0 Å². The quantitative estimate of drug-likeness (QED) is 0.615. The van der Waals surface area contributed by atoms with Gasteiger partial charge < -0.3 is 10.0 Å². The number of aliphatic hydroxyl groups excluding tert-OH is 1. The van der Waals surface area contributed by atoms with Gasteiger partial charge in [-0.25, -0.2) is 0 Å². The number of rotatable bonds is 0. The van der Waals surface area contributed by atoms with E-state index in [0.717, 1.165) is 0 Å². The Bertz CT molecular complexity index is 204. The molecular formula is C7H10F3NO2. The number of nitrogens with zero attached hydrogens (tertiary/aromatic N) is 1. The van der Waals surface area contributed by atoms with Crippen LogP contribution in [-0.4, -0.2) is 41.3 Å². The molecule has 1 amide bonds. The lowest BCUT2D eigenvalue weighted by Gasteiger charge is -2.30. The van der Waals surface area contributed by atoms with E-state index in [0.29, 0.717) is 17.7 Å². The molecule has 1 atom stereocenters. The summed E-state index contributed by atoms with van der Waals surface area (Å²) in [6, 6.07) is 0. The summed E-state index contributed by atoms with van der Waals surface area (Å²) in [4.78, 5) is 11.3. The zero-order valence-corrected chi connectivity index (χ0v) is 6.84. The third-order valence-electron chi connectivity index (χ3n) is 1.93. The van der Waals surface area contributed by atoms with Crippen LogP contribution in [0.3, 0.4) is 0 Å². The van der Waals surface area contributed by atoms with Gasteiger partial charge in [-0.1, -0.05) is 0 Å². The highest BCUT2D eigenvalue weighted by atomic mass is 19.4. The van der Waals surface area contributed by atoms with Gasteiger partial charge in [0.1, 0.15) is 0 Å². The number of hydrogen-bond donors (Lipinski definition) is 1. The highest BCUT2D eigenvalue weighted by molar-refractivity contribution is 5.81. The van der Waals surface area contributed by atoms with Gasteiger partial charge in [0.25, 0.3) is 0 Å². The zero-order chi connectivity index (χ0) is 10.1.